The summed E-state index contributed by atoms with van der Waals surface area (Å²) in [5.41, 5.74) is -2.48. The van der Waals surface area contributed by atoms with Crippen LogP contribution in [0.4, 0.5) is 18.0 Å². The van der Waals surface area contributed by atoms with Gasteiger partial charge in [-0.15, -0.1) is 0 Å². The smallest absolute Gasteiger partial charge is 0.408 e. The van der Waals surface area contributed by atoms with Gasteiger partial charge in [0.25, 0.3) is 5.91 Å². The molecule has 2 heterocycles. The lowest BCUT2D eigenvalue weighted by Crippen LogP contribution is -2.58. The number of ether oxygens (including phenoxy) is 1. The van der Waals surface area contributed by atoms with Crippen LogP contribution < -0.4 is 15.4 Å². The summed E-state index contributed by atoms with van der Waals surface area (Å²) in [5, 5.41) is 4.51. The summed E-state index contributed by atoms with van der Waals surface area (Å²) < 4.78 is 72.6. The van der Waals surface area contributed by atoms with Crippen molar-refractivity contribution in [3.63, 3.8) is 0 Å². The van der Waals surface area contributed by atoms with Gasteiger partial charge in [0.1, 0.15) is 23.2 Å². The summed E-state index contributed by atoms with van der Waals surface area (Å²) in [4.78, 5) is 55.6. The second-order valence-corrected chi connectivity index (χ2v) is 14.7. The Balaban J connectivity index is 1.62. The van der Waals surface area contributed by atoms with Crippen molar-refractivity contribution in [3.05, 3.63) is 12.2 Å². The molecule has 0 bridgehead atoms. The zero-order chi connectivity index (χ0) is 31.8. The number of nitrogens with zero attached hydrogens (tertiary/aromatic N) is 2. The predicted octanol–water partition coefficient (Wildman–Crippen LogP) is 1.57. The van der Waals surface area contributed by atoms with Crippen LogP contribution in [0.1, 0.15) is 65.7 Å². The third kappa shape index (κ3) is 8.61. The number of hydrogen-bond acceptors (Lipinski definition) is 8. The molecule has 4 aliphatic rings. The quantitative estimate of drug-likeness (QED) is 0.385. The molecule has 0 radical (unpaired) electrons. The summed E-state index contributed by atoms with van der Waals surface area (Å²) >= 11 is 0. The van der Waals surface area contributed by atoms with Gasteiger partial charge in [0.15, 0.2) is 0 Å². The number of nitrogens with one attached hydrogen (secondary N) is 3. The number of hydrogen-bond donors (Lipinski definition) is 3. The molecule has 43 heavy (non-hydrogen) atoms. The van der Waals surface area contributed by atoms with Crippen LogP contribution in [0.25, 0.3) is 0 Å². The number of halogens is 3. The molecule has 2 aliphatic heterocycles. The Morgan fingerprint density at radius 2 is 1.79 bits per heavy atom. The molecule has 1 saturated heterocycles. The Labute approximate surface area is 249 Å². The SMILES string of the molecule is CC(C)(C)OC(=O)NC1CCN(CC(F)(F)F)CCC=CC2CC2(C(=O)NS(=O)(=O)C2CC2)NC(=O)C2CCCN2C1=O. The molecule has 4 amide bonds. The van der Waals surface area contributed by atoms with Crippen LogP contribution in [0.2, 0.25) is 0 Å². The molecule has 16 heteroatoms. The minimum absolute atomic E-state index is 0.0377. The number of alkyl halides is 3. The lowest BCUT2D eigenvalue weighted by atomic mass is 10.1. The van der Waals surface area contributed by atoms with E-state index >= 15 is 0 Å². The van der Waals surface area contributed by atoms with E-state index < -0.39 is 81.0 Å². The van der Waals surface area contributed by atoms with E-state index in [1.807, 2.05) is 0 Å². The van der Waals surface area contributed by atoms with E-state index in [-0.39, 0.29) is 45.3 Å². The summed E-state index contributed by atoms with van der Waals surface area (Å²) in [6, 6.07) is -2.31. The number of carbonyl (C=O) groups excluding carboxylic acids is 4. The molecule has 4 atom stereocenters. The maximum atomic E-state index is 13.7. The van der Waals surface area contributed by atoms with E-state index in [1.165, 1.54) is 4.90 Å². The van der Waals surface area contributed by atoms with Gasteiger partial charge in [-0.2, -0.15) is 13.2 Å². The van der Waals surface area contributed by atoms with Gasteiger partial charge in [-0.1, -0.05) is 12.2 Å². The van der Waals surface area contributed by atoms with E-state index in [0.717, 1.165) is 4.90 Å². The first kappa shape index (κ1) is 33.0. The highest BCUT2D eigenvalue weighted by Crippen LogP contribution is 2.46. The Bertz CT molecular complexity index is 1250. The van der Waals surface area contributed by atoms with Crippen molar-refractivity contribution in [2.75, 3.05) is 26.2 Å². The highest BCUT2D eigenvalue weighted by Gasteiger charge is 2.62. The van der Waals surface area contributed by atoms with Gasteiger partial charge in [-0.25, -0.2) is 13.2 Å². The van der Waals surface area contributed by atoms with Crippen molar-refractivity contribution in [2.24, 2.45) is 5.92 Å². The number of amides is 4. The van der Waals surface area contributed by atoms with Gasteiger partial charge in [0.2, 0.25) is 21.8 Å². The van der Waals surface area contributed by atoms with Crippen molar-refractivity contribution in [2.45, 2.75) is 100 Å². The van der Waals surface area contributed by atoms with Gasteiger partial charge < -0.3 is 20.3 Å². The van der Waals surface area contributed by atoms with Crippen LogP contribution in [-0.2, 0) is 29.1 Å². The number of sulfonamides is 1. The van der Waals surface area contributed by atoms with E-state index in [4.69, 9.17) is 4.74 Å². The minimum atomic E-state index is -4.52. The third-order valence-electron chi connectivity index (χ3n) is 7.91. The molecule has 0 aromatic heterocycles. The average Bonchev–Trinajstić information content (AvgIpc) is 3.78. The maximum Gasteiger partial charge on any atom is 0.408 e. The topological polar surface area (TPSA) is 154 Å². The number of alkyl carbamates (subject to hydrolysis) is 1. The molecular formula is C27H40F3N5O7S. The lowest BCUT2D eigenvalue weighted by molar-refractivity contribution is -0.147. The molecule has 12 nitrogen and oxygen atoms in total. The first-order chi connectivity index (χ1) is 19.9. The highest BCUT2D eigenvalue weighted by atomic mass is 32.2. The molecule has 2 aliphatic carbocycles. The molecule has 0 aromatic carbocycles. The number of fused-ring (bicyclic) bond motifs is 2. The zero-order valence-corrected chi connectivity index (χ0v) is 25.4. The molecule has 0 aromatic rings. The van der Waals surface area contributed by atoms with Crippen molar-refractivity contribution in [1.29, 1.82) is 0 Å². The predicted molar refractivity (Wildman–Crippen MR) is 148 cm³/mol. The van der Waals surface area contributed by atoms with Crippen LogP contribution in [0.15, 0.2) is 12.2 Å². The third-order valence-corrected chi connectivity index (χ3v) is 9.73. The van der Waals surface area contributed by atoms with Crippen LogP contribution >= 0.6 is 0 Å². The average molecular weight is 636 g/mol. The summed E-state index contributed by atoms with van der Waals surface area (Å²) in [6.07, 6.45) is -0.612. The fourth-order valence-electron chi connectivity index (χ4n) is 5.53. The van der Waals surface area contributed by atoms with Gasteiger partial charge in [0, 0.05) is 25.6 Å². The molecule has 4 unspecified atom stereocenters. The van der Waals surface area contributed by atoms with Gasteiger partial charge in [-0.3, -0.25) is 24.0 Å². The van der Waals surface area contributed by atoms with Gasteiger partial charge in [0.05, 0.1) is 11.8 Å². The first-order valence-corrected chi connectivity index (χ1v) is 16.1. The van der Waals surface area contributed by atoms with Crippen molar-refractivity contribution < 1.29 is 45.5 Å². The molecular weight excluding hydrogens is 595 g/mol. The Morgan fingerprint density at radius 1 is 1.09 bits per heavy atom. The van der Waals surface area contributed by atoms with E-state index in [1.54, 1.807) is 32.9 Å². The standard InChI is InChI=1S/C27H40F3N5O7S/c1-25(2,3)42-24(39)31-19-11-14-34(16-27(28,29)30)12-5-4-7-17-15-26(17,23(38)33-43(40,41)18-9-10-18)32-21(36)20-8-6-13-35(20)22(19)37/h4,7,17-20H,5-6,8-16H2,1-3H3,(H,31,39)(H,32,36)(H,33,38). The van der Waals surface area contributed by atoms with Gasteiger partial charge >= 0.3 is 12.3 Å². The summed E-state index contributed by atoms with van der Waals surface area (Å²) in [7, 11) is -3.92. The Kier molecular flexibility index (Phi) is 9.41. The van der Waals surface area contributed by atoms with Crippen LogP contribution in [0.3, 0.4) is 0 Å². The lowest BCUT2D eigenvalue weighted by Gasteiger charge is -2.31. The fourth-order valence-corrected chi connectivity index (χ4v) is 6.89. The monoisotopic (exact) mass is 635 g/mol. The normalized spacial score (nSPS) is 29.4. The van der Waals surface area contributed by atoms with Gasteiger partial charge in [-0.05, 0) is 65.7 Å². The summed E-state index contributed by atoms with van der Waals surface area (Å²) in [6.45, 7) is 3.55. The molecule has 3 fully saturated rings. The number of carbonyl (C=O) groups is 4. The Hall–Kier alpha value is -2.88. The van der Waals surface area contributed by atoms with Crippen LogP contribution in [0, 0.1) is 5.92 Å². The van der Waals surface area contributed by atoms with E-state index in [2.05, 4.69) is 15.4 Å². The minimum Gasteiger partial charge on any atom is -0.444 e. The molecule has 4 rings (SSSR count). The van der Waals surface area contributed by atoms with Crippen molar-refractivity contribution in [1.82, 2.24) is 25.2 Å². The maximum absolute atomic E-state index is 13.7. The van der Waals surface area contributed by atoms with Crippen LogP contribution in [-0.4, -0.2) is 103 Å². The van der Waals surface area contributed by atoms with E-state index in [0.29, 0.717) is 19.3 Å². The second kappa shape index (κ2) is 12.3. The first-order valence-electron chi connectivity index (χ1n) is 14.5. The highest BCUT2D eigenvalue weighted by molar-refractivity contribution is 7.91. The fraction of sp³-hybridized carbons (Fsp3) is 0.778. The summed E-state index contributed by atoms with van der Waals surface area (Å²) in [5.74, 6) is -2.78. The molecule has 242 valence electrons. The largest absolute Gasteiger partial charge is 0.444 e. The zero-order valence-electron chi connectivity index (χ0n) is 24.5. The van der Waals surface area contributed by atoms with Crippen molar-refractivity contribution >= 4 is 33.8 Å². The van der Waals surface area contributed by atoms with E-state index in [9.17, 15) is 40.8 Å². The molecule has 0 spiro atoms. The molecule has 2 saturated carbocycles. The van der Waals surface area contributed by atoms with Crippen molar-refractivity contribution in [3.8, 4) is 0 Å². The second-order valence-electron chi connectivity index (χ2n) is 12.7. The number of rotatable bonds is 5. The Morgan fingerprint density at radius 3 is 2.42 bits per heavy atom. The van der Waals surface area contributed by atoms with Crippen LogP contribution in [0.5, 0.6) is 0 Å². The molecule has 3 N–H and O–H groups in total.